The van der Waals surface area contributed by atoms with E-state index in [-0.39, 0.29) is 22.3 Å². The minimum atomic E-state index is -4.00. The highest BCUT2D eigenvalue weighted by atomic mass is 35.5. The van der Waals surface area contributed by atoms with Crippen LogP contribution >= 0.6 is 34.5 Å². The summed E-state index contributed by atoms with van der Waals surface area (Å²) in [5.41, 5.74) is 8.73. The maximum atomic E-state index is 14.8. The van der Waals surface area contributed by atoms with E-state index in [1.807, 2.05) is 0 Å². The SMILES string of the molecule is Nc1[nH]ncc1-c1cc(Cl)ccc1Oc1cc(F)c(S(=O)(=O)Cc2cscn2)cc1Cl. The quantitative estimate of drug-likeness (QED) is 0.371. The van der Waals surface area contributed by atoms with Crippen LogP contribution in [-0.4, -0.2) is 23.6 Å². The molecule has 0 unspecified atom stereocenters. The molecule has 0 saturated heterocycles. The van der Waals surface area contributed by atoms with Crippen molar-refractivity contribution in [2.45, 2.75) is 10.6 Å². The Kier molecular flexibility index (Phi) is 5.89. The van der Waals surface area contributed by atoms with Gasteiger partial charge in [-0.15, -0.1) is 11.3 Å². The summed E-state index contributed by atoms with van der Waals surface area (Å²) >= 11 is 13.6. The van der Waals surface area contributed by atoms with Gasteiger partial charge in [0.15, 0.2) is 9.84 Å². The van der Waals surface area contributed by atoms with E-state index in [4.69, 9.17) is 33.7 Å². The molecule has 0 aliphatic rings. The number of thiazole rings is 1. The molecule has 0 aliphatic heterocycles. The smallest absolute Gasteiger partial charge is 0.187 e. The summed E-state index contributed by atoms with van der Waals surface area (Å²) in [4.78, 5) is 3.40. The average molecular weight is 499 g/mol. The Bertz CT molecular complexity index is 1360. The van der Waals surface area contributed by atoms with Crippen LogP contribution in [0, 0.1) is 5.82 Å². The van der Waals surface area contributed by atoms with Gasteiger partial charge in [0.1, 0.15) is 28.0 Å². The molecule has 0 spiro atoms. The third-order valence-electron chi connectivity index (χ3n) is 4.26. The van der Waals surface area contributed by atoms with Gasteiger partial charge in [0.25, 0.3) is 0 Å². The molecule has 2 heterocycles. The van der Waals surface area contributed by atoms with Gasteiger partial charge in [-0.2, -0.15) is 5.10 Å². The summed E-state index contributed by atoms with van der Waals surface area (Å²) in [7, 11) is -4.00. The van der Waals surface area contributed by atoms with E-state index in [0.717, 1.165) is 12.1 Å². The second-order valence-electron chi connectivity index (χ2n) is 6.39. The normalized spacial score (nSPS) is 11.6. The van der Waals surface area contributed by atoms with E-state index in [9.17, 15) is 12.8 Å². The van der Waals surface area contributed by atoms with E-state index in [2.05, 4.69) is 15.2 Å². The highest BCUT2D eigenvalue weighted by Crippen LogP contribution is 2.40. The number of nitrogens with two attached hydrogens (primary N) is 1. The van der Waals surface area contributed by atoms with Crippen molar-refractivity contribution in [3.8, 4) is 22.6 Å². The number of halogens is 3. The minimum Gasteiger partial charge on any atom is -0.455 e. The van der Waals surface area contributed by atoms with Crippen LogP contribution in [0.1, 0.15) is 5.69 Å². The number of aromatic amines is 1. The molecular formula is C19H13Cl2FN4O3S2. The monoisotopic (exact) mass is 498 g/mol. The minimum absolute atomic E-state index is 0.0718. The molecule has 0 aliphatic carbocycles. The van der Waals surface area contributed by atoms with Gasteiger partial charge >= 0.3 is 0 Å². The third kappa shape index (κ3) is 4.52. The lowest BCUT2D eigenvalue weighted by molar-refractivity contribution is 0.475. The second kappa shape index (κ2) is 8.46. The molecule has 0 saturated carbocycles. The van der Waals surface area contributed by atoms with Gasteiger partial charge in [-0.05, 0) is 24.3 Å². The van der Waals surface area contributed by atoms with E-state index in [1.54, 1.807) is 23.6 Å². The number of aromatic nitrogens is 3. The number of nitrogens with one attached hydrogen (secondary N) is 1. The number of hydrogen-bond donors (Lipinski definition) is 2. The fourth-order valence-corrected chi connectivity index (χ4v) is 5.30. The summed E-state index contributed by atoms with van der Waals surface area (Å²) in [6.07, 6.45) is 1.49. The van der Waals surface area contributed by atoms with E-state index >= 15 is 0 Å². The maximum absolute atomic E-state index is 14.8. The van der Waals surface area contributed by atoms with Crippen LogP contribution in [0.4, 0.5) is 10.2 Å². The zero-order valence-corrected chi connectivity index (χ0v) is 18.6. The molecule has 7 nitrogen and oxygen atoms in total. The predicted molar refractivity (Wildman–Crippen MR) is 118 cm³/mol. The van der Waals surface area contributed by atoms with Crippen molar-refractivity contribution in [3.05, 3.63) is 69.0 Å². The maximum Gasteiger partial charge on any atom is 0.187 e. The number of rotatable bonds is 6. The van der Waals surface area contributed by atoms with Crippen LogP contribution in [0.25, 0.3) is 11.1 Å². The number of anilines is 1. The molecule has 160 valence electrons. The van der Waals surface area contributed by atoms with E-state index in [0.29, 0.717) is 21.8 Å². The van der Waals surface area contributed by atoms with Crippen LogP contribution in [0.3, 0.4) is 0 Å². The molecule has 0 amide bonds. The first-order chi connectivity index (χ1) is 14.7. The molecule has 2 aromatic heterocycles. The molecule has 31 heavy (non-hydrogen) atoms. The zero-order chi connectivity index (χ0) is 22.2. The Morgan fingerprint density at radius 3 is 2.65 bits per heavy atom. The van der Waals surface area contributed by atoms with Crippen LogP contribution in [0.2, 0.25) is 10.0 Å². The van der Waals surface area contributed by atoms with Gasteiger partial charge < -0.3 is 10.5 Å². The van der Waals surface area contributed by atoms with Gasteiger partial charge in [0, 0.05) is 27.6 Å². The number of hydrogen-bond acceptors (Lipinski definition) is 7. The second-order valence-corrected chi connectivity index (χ2v) is 9.91. The summed E-state index contributed by atoms with van der Waals surface area (Å²) in [5.74, 6) is -0.944. The highest BCUT2D eigenvalue weighted by molar-refractivity contribution is 7.90. The lowest BCUT2D eigenvalue weighted by Crippen LogP contribution is -2.08. The van der Waals surface area contributed by atoms with Crippen molar-refractivity contribution < 1.29 is 17.5 Å². The first-order valence-corrected chi connectivity index (χ1v) is 11.9. The average Bonchev–Trinajstić information content (AvgIpc) is 3.36. The topological polar surface area (TPSA) is 111 Å². The molecule has 4 aromatic rings. The van der Waals surface area contributed by atoms with Crippen molar-refractivity contribution in [2.75, 3.05) is 5.73 Å². The first-order valence-electron chi connectivity index (χ1n) is 8.60. The lowest BCUT2D eigenvalue weighted by atomic mass is 10.1. The van der Waals surface area contributed by atoms with Crippen molar-refractivity contribution in [1.29, 1.82) is 0 Å². The van der Waals surface area contributed by atoms with Crippen molar-refractivity contribution in [3.63, 3.8) is 0 Å². The summed E-state index contributed by atoms with van der Waals surface area (Å²) in [6.45, 7) is 0. The van der Waals surface area contributed by atoms with Crippen molar-refractivity contribution in [1.82, 2.24) is 15.2 Å². The first kappa shape index (κ1) is 21.6. The Hall–Kier alpha value is -2.66. The number of ether oxygens (including phenoxy) is 1. The molecular weight excluding hydrogens is 486 g/mol. The Morgan fingerprint density at radius 2 is 1.97 bits per heavy atom. The standard InChI is InChI=1S/C19H13Cl2FN4O3S2/c20-10-1-2-16(12(3-10)13-6-25-26-19(13)23)29-17-5-15(22)18(4-14(17)21)31(27,28)8-11-7-30-9-24-11/h1-7,9H,8H2,(H3,23,25,26). The van der Waals surface area contributed by atoms with Crippen molar-refractivity contribution in [2.24, 2.45) is 0 Å². The molecule has 0 fully saturated rings. The van der Waals surface area contributed by atoms with Crippen LogP contribution in [-0.2, 0) is 15.6 Å². The molecule has 0 bridgehead atoms. The van der Waals surface area contributed by atoms with Crippen LogP contribution in [0.5, 0.6) is 11.5 Å². The molecule has 12 heteroatoms. The summed E-state index contributed by atoms with van der Waals surface area (Å²) in [5, 5.41) is 8.40. The molecule has 0 radical (unpaired) electrons. The highest BCUT2D eigenvalue weighted by Gasteiger charge is 2.24. The Labute approximate surface area is 190 Å². The Morgan fingerprint density at radius 1 is 1.16 bits per heavy atom. The van der Waals surface area contributed by atoms with Gasteiger partial charge in [0.05, 0.1) is 28.2 Å². The zero-order valence-electron chi connectivity index (χ0n) is 15.5. The number of H-pyrrole nitrogens is 1. The van der Waals surface area contributed by atoms with Crippen LogP contribution < -0.4 is 10.5 Å². The van der Waals surface area contributed by atoms with Gasteiger partial charge in [-0.25, -0.2) is 17.8 Å². The molecule has 3 N–H and O–H groups in total. The summed E-state index contributed by atoms with van der Waals surface area (Å²) < 4.78 is 45.8. The fraction of sp³-hybridized carbons (Fsp3) is 0.0526. The van der Waals surface area contributed by atoms with E-state index in [1.165, 1.54) is 23.0 Å². The van der Waals surface area contributed by atoms with Crippen LogP contribution in [0.15, 0.2) is 52.3 Å². The fourth-order valence-electron chi connectivity index (χ4n) is 2.84. The van der Waals surface area contributed by atoms with Gasteiger partial charge in [-0.1, -0.05) is 23.2 Å². The number of benzene rings is 2. The van der Waals surface area contributed by atoms with Crippen molar-refractivity contribution >= 4 is 50.2 Å². The van der Waals surface area contributed by atoms with Gasteiger partial charge in [0.2, 0.25) is 0 Å². The summed E-state index contributed by atoms with van der Waals surface area (Å²) in [6, 6.07) is 6.69. The third-order valence-corrected chi connectivity index (χ3v) is 7.09. The molecule has 0 atom stereocenters. The Balaban J connectivity index is 1.70. The van der Waals surface area contributed by atoms with Gasteiger partial charge in [-0.3, -0.25) is 5.10 Å². The number of nitrogen functional groups attached to an aromatic ring is 1. The molecule has 4 rings (SSSR count). The number of sulfone groups is 1. The number of nitrogens with zero attached hydrogens (tertiary/aromatic N) is 2. The predicted octanol–water partition coefficient (Wildman–Crippen LogP) is 5.33. The lowest BCUT2D eigenvalue weighted by Gasteiger charge is -2.14. The largest absolute Gasteiger partial charge is 0.455 e. The van der Waals surface area contributed by atoms with E-state index < -0.39 is 26.3 Å². The molecule has 2 aromatic carbocycles.